The van der Waals surface area contributed by atoms with Crippen molar-refractivity contribution in [3.8, 4) is 0 Å². The third-order valence-corrected chi connectivity index (χ3v) is 13.7. The highest BCUT2D eigenvalue weighted by molar-refractivity contribution is 9.10. The van der Waals surface area contributed by atoms with Crippen LogP contribution in [-0.2, 0) is 21.8 Å². The quantitative estimate of drug-likeness (QED) is 0.246. The number of hydrogen-bond acceptors (Lipinski definition) is 5. The molecular weight excluding hydrogens is 561 g/mol. The first kappa shape index (κ1) is 24.1. The van der Waals surface area contributed by atoms with Crippen LogP contribution in [-0.4, -0.2) is 28.6 Å². The molecule has 176 valence electrons. The van der Waals surface area contributed by atoms with Crippen LogP contribution in [0.1, 0.15) is 11.2 Å². The minimum atomic E-state index is -3.91. The highest BCUT2D eigenvalue weighted by Gasteiger charge is 2.38. The minimum absolute atomic E-state index is 0.210. The van der Waals surface area contributed by atoms with Gasteiger partial charge in [0.05, 0.1) is 5.75 Å². The summed E-state index contributed by atoms with van der Waals surface area (Å²) in [5.41, 5.74) is 1.35. The van der Waals surface area contributed by atoms with Gasteiger partial charge in [-0.05, 0) is 40.4 Å². The van der Waals surface area contributed by atoms with E-state index in [1.165, 1.54) is 0 Å². The van der Waals surface area contributed by atoms with Crippen molar-refractivity contribution in [1.29, 1.82) is 0 Å². The summed E-state index contributed by atoms with van der Waals surface area (Å²) in [5.74, 6) is -0.210. The Balaban J connectivity index is 1.74. The van der Waals surface area contributed by atoms with Crippen molar-refractivity contribution in [3.63, 3.8) is 0 Å². The SMILES string of the molecule is O=S(=O)(C[C@@H](c1cccc(Br)c1)P(=S)(c1ccccc1)c1ccccc1)n1nnc2ccccc21. The van der Waals surface area contributed by atoms with Gasteiger partial charge in [0.2, 0.25) is 0 Å². The highest BCUT2D eigenvalue weighted by atomic mass is 79.9. The Labute approximate surface area is 218 Å². The first-order chi connectivity index (χ1) is 16.9. The zero-order valence-corrected chi connectivity index (χ0v) is 22.6. The number of para-hydroxylation sites is 1. The molecule has 5 rings (SSSR count). The number of fused-ring (bicyclic) bond motifs is 1. The summed E-state index contributed by atoms with van der Waals surface area (Å²) in [6, 6.07) is 31.9. The molecule has 1 heterocycles. The number of rotatable bonds is 7. The maximum absolute atomic E-state index is 13.9. The van der Waals surface area contributed by atoms with Gasteiger partial charge in [0.25, 0.3) is 10.0 Å². The normalized spacial score (nSPS) is 13.1. The van der Waals surface area contributed by atoms with E-state index in [4.69, 9.17) is 11.8 Å². The minimum Gasteiger partial charge on any atom is -0.205 e. The molecule has 0 bridgehead atoms. The molecule has 4 aromatic carbocycles. The lowest BCUT2D eigenvalue weighted by Gasteiger charge is -2.33. The molecule has 0 saturated carbocycles. The summed E-state index contributed by atoms with van der Waals surface area (Å²) in [6.07, 6.45) is 0. The van der Waals surface area contributed by atoms with Crippen LogP contribution in [0.4, 0.5) is 0 Å². The van der Waals surface area contributed by atoms with E-state index < -0.39 is 21.7 Å². The van der Waals surface area contributed by atoms with E-state index in [0.29, 0.717) is 11.0 Å². The molecule has 1 aromatic heterocycles. The van der Waals surface area contributed by atoms with Crippen molar-refractivity contribution in [2.45, 2.75) is 5.66 Å². The standard InChI is InChI=1S/C26H21BrN3O2PS2/c27-21-11-9-10-20(18-21)26(19-35(31,32)30-25-17-8-7-16-24(25)28-29-30)33(34,22-12-3-1-4-13-22)23-14-5-2-6-15-23/h1-18,26H,19H2/t26-/m0/s1. The monoisotopic (exact) mass is 581 g/mol. The third kappa shape index (κ3) is 4.64. The molecule has 0 aliphatic carbocycles. The fourth-order valence-corrected chi connectivity index (χ4v) is 11.9. The van der Waals surface area contributed by atoms with Gasteiger partial charge in [0.15, 0.2) is 0 Å². The number of halogens is 1. The summed E-state index contributed by atoms with van der Waals surface area (Å²) in [5, 5.41) is 10.00. The van der Waals surface area contributed by atoms with Crippen molar-refractivity contribution < 1.29 is 8.42 Å². The van der Waals surface area contributed by atoms with Crippen molar-refractivity contribution in [2.75, 3.05) is 5.75 Å². The van der Waals surface area contributed by atoms with Crippen molar-refractivity contribution >= 4 is 65.4 Å². The van der Waals surface area contributed by atoms with E-state index in [9.17, 15) is 8.42 Å². The summed E-state index contributed by atoms with van der Waals surface area (Å²) in [6.45, 7) is 0. The van der Waals surface area contributed by atoms with Crippen LogP contribution in [0.2, 0.25) is 0 Å². The lowest BCUT2D eigenvalue weighted by atomic mass is 10.2. The van der Waals surface area contributed by atoms with Crippen LogP contribution in [0, 0.1) is 0 Å². The zero-order valence-electron chi connectivity index (χ0n) is 18.5. The fraction of sp³-hybridized carbons (Fsp3) is 0.0769. The van der Waals surface area contributed by atoms with E-state index in [1.54, 1.807) is 18.2 Å². The largest absolute Gasteiger partial charge is 0.256 e. The van der Waals surface area contributed by atoms with E-state index in [2.05, 4.69) is 26.2 Å². The average molecular weight is 582 g/mol. The van der Waals surface area contributed by atoms with Gasteiger partial charge in [0, 0.05) is 16.2 Å². The van der Waals surface area contributed by atoms with Crippen LogP contribution in [0.15, 0.2) is 114 Å². The maximum atomic E-state index is 13.9. The van der Waals surface area contributed by atoms with Gasteiger partial charge in [-0.3, -0.25) is 0 Å². The fourth-order valence-electron chi connectivity index (χ4n) is 4.26. The first-order valence-corrected chi connectivity index (χ1v) is 16.2. The Kier molecular flexibility index (Phi) is 6.73. The molecule has 0 aliphatic heterocycles. The molecule has 0 aliphatic rings. The molecule has 0 unspecified atom stereocenters. The van der Waals surface area contributed by atoms with Gasteiger partial charge >= 0.3 is 0 Å². The smallest absolute Gasteiger partial charge is 0.205 e. The van der Waals surface area contributed by atoms with Gasteiger partial charge in [-0.25, -0.2) is 8.42 Å². The molecular formula is C26H21BrN3O2PS2. The third-order valence-electron chi connectivity index (χ3n) is 5.91. The Morgan fingerprint density at radius 3 is 2.06 bits per heavy atom. The highest BCUT2D eigenvalue weighted by Crippen LogP contribution is 2.58. The Bertz CT molecular complexity index is 1600. The van der Waals surface area contributed by atoms with Gasteiger partial charge in [-0.2, -0.15) is 0 Å². The van der Waals surface area contributed by atoms with Crippen molar-refractivity contribution in [2.24, 2.45) is 0 Å². The van der Waals surface area contributed by atoms with Crippen molar-refractivity contribution in [3.05, 3.63) is 119 Å². The zero-order chi connectivity index (χ0) is 24.5. The second-order valence-electron chi connectivity index (χ2n) is 8.10. The molecule has 0 saturated heterocycles. The molecule has 0 N–H and O–H groups in total. The van der Waals surface area contributed by atoms with Gasteiger partial charge in [0.1, 0.15) is 11.0 Å². The average Bonchev–Trinajstić information content (AvgIpc) is 3.33. The summed E-state index contributed by atoms with van der Waals surface area (Å²) in [7, 11) is -3.91. The first-order valence-electron chi connectivity index (χ1n) is 10.9. The van der Waals surface area contributed by atoms with E-state index in [1.807, 2.05) is 91.0 Å². The van der Waals surface area contributed by atoms with E-state index >= 15 is 0 Å². The Morgan fingerprint density at radius 2 is 1.43 bits per heavy atom. The van der Waals surface area contributed by atoms with Crippen LogP contribution in [0.5, 0.6) is 0 Å². The van der Waals surface area contributed by atoms with Gasteiger partial charge in [-0.15, -0.1) is 9.19 Å². The summed E-state index contributed by atoms with van der Waals surface area (Å²) >= 11 is 10.1. The van der Waals surface area contributed by atoms with Crippen LogP contribution < -0.4 is 10.6 Å². The maximum Gasteiger partial charge on any atom is 0.256 e. The van der Waals surface area contributed by atoms with Crippen LogP contribution in [0.3, 0.4) is 0 Å². The topological polar surface area (TPSA) is 64.8 Å². The van der Waals surface area contributed by atoms with E-state index in [0.717, 1.165) is 24.7 Å². The predicted octanol–water partition coefficient (Wildman–Crippen LogP) is 5.24. The van der Waals surface area contributed by atoms with Crippen molar-refractivity contribution in [1.82, 2.24) is 14.4 Å². The summed E-state index contributed by atoms with van der Waals surface area (Å²) < 4.78 is 29.7. The molecule has 5 nitrogen and oxygen atoms in total. The second-order valence-corrected chi connectivity index (χ2v) is 15.6. The van der Waals surface area contributed by atoms with E-state index in [-0.39, 0.29) is 5.75 Å². The molecule has 35 heavy (non-hydrogen) atoms. The van der Waals surface area contributed by atoms with Gasteiger partial charge in [-0.1, -0.05) is 118 Å². The predicted molar refractivity (Wildman–Crippen MR) is 150 cm³/mol. The molecule has 0 radical (unpaired) electrons. The number of aromatic nitrogens is 3. The van der Waals surface area contributed by atoms with Crippen LogP contribution in [0.25, 0.3) is 11.0 Å². The van der Waals surface area contributed by atoms with Gasteiger partial charge < -0.3 is 0 Å². The molecule has 9 heteroatoms. The molecule has 5 aromatic rings. The lowest BCUT2D eigenvalue weighted by Crippen LogP contribution is -2.29. The molecule has 0 amide bonds. The molecule has 1 atom stereocenters. The van der Waals surface area contributed by atoms with Crippen LogP contribution >= 0.6 is 22.0 Å². The Morgan fingerprint density at radius 1 is 0.829 bits per heavy atom. The lowest BCUT2D eigenvalue weighted by molar-refractivity contribution is 0.578. The second kappa shape index (κ2) is 9.78. The molecule has 0 fully saturated rings. The number of hydrogen-bond donors (Lipinski definition) is 0. The Hall–Kier alpha value is -2.64. The molecule has 0 spiro atoms. The number of benzene rings is 4. The summed E-state index contributed by atoms with van der Waals surface area (Å²) in [4.78, 5) is 0. The number of nitrogens with zero attached hydrogens (tertiary/aromatic N) is 3.